The van der Waals surface area contributed by atoms with E-state index in [1.807, 2.05) is 0 Å². The summed E-state index contributed by atoms with van der Waals surface area (Å²) in [6.07, 6.45) is 8.93. The molecule has 28 heavy (non-hydrogen) atoms. The SMILES string of the molecule is C=C(Nc1ccc2c(c1)cc(C(C)(C)C)n2C)C1(C2=CCCC(OC)=C2)CC1. The molecule has 0 aliphatic heterocycles. The van der Waals surface area contributed by atoms with Crippen LogP contribution in [-0.2, 0) is 17.2 Å². The maximum absolute atomic E-state index is 5.50. The summed E-state index contributed by atoms with van der Waals surface area (Å²) in [5.41, 5.74) is 6.38. The molecule has 4 rings (SSSR count). The van der Waals surface area contributed by atoms with Gasteiger partial charge in [-0.05, 0) is 55.2 Å². The van der Waals surface area contributed by atoms with E-state index in [4.69, 9.17) is 4.74 Å². The summed E-state index contributed by atoms with van der Waals surface area (Å²) in [6, 6.07) is 8.94. The molecule has 0 atom stereocenters. The molecular formula is C25H32N2O. The van der Waals surface area contributed by atoms with Crippen LogP contribution in [0.5, 0.6) is 0 Å². The van der Waals surface area contributed by atoms with Gasteiger partial charge in [-0.2, -0.15) is 0 Å². The zero-order chi connectivity index (χ0) is 20.1. The summed E-state index contributed by atoms with van der Waals surface area (Å²) >= 11 is 0. The minimum atomic E-state index is 0.0619. The standard InChI is InChI=1S/C25H32N2O/c1-17(25(12-13-25)19-8-7-9-21(16-19)28-6)26-20-10-11-22-18(14-20)15-23(27(22)5)24(2,3)4/h8,10-11,14-16,26H,1,7,9,12-13H2,2-6H3. The fourth-order valence-electron chi connectivity index (χ4n) is 4.50. The summed E-state index contributed by atoms with van der Waals surface area (Å²) in [4.78, 5) is 0. The van der Waals surface area contributed by atoms with E-state index in [1.165, 1.54) is 22.2 Å². The Kier molecular flexibility index (Phi) is 4.45. The van der Waals surface area contributed by atoms with Crippen LogP contribution in [0.1, 0.15) is 52.1 Å². The van der Waals surface area contributed by atoms with Crippen molar-refractivity contribution < 1.29 is 4.74 Å². The third-order valence-electron chi connectivity index (χ3n) is 6.32. The number of nitrogens with one attached hydrogen (secondary N) is 1. The summed E-state index contributed by atoms with van der Waals surface area (Å²) in [7, 11) is 3.92. The quantitative estimate of drug-likeness (QED) is 0.650. The van der Waals surface area contributed by atoms with Crippen molar-refractivity contribution in [3.63, 3.8) is 0 Å². The number of allylic oxidation sites excluding steroid dienone is 4. The Morgan fingerprint density at radius 2 is 1.96 bits per heavy atom. The highest BCUT2D eigenvalue weighted by Gasteiger charge is 2.48. The van der Waals surface area contributed by atoms with Gasteiger partial charge < -0.3 is 14.6 Å². The van der Waals surface area contributed by atoms with Crippen LogP contribution in [0.2, 0.25) is 0 Å². The lowest BCUT2D eigenvalue weighted by Crippen LogP contribution is -2.15. The largest absolute Gasteiger partial charge is 0.501 e. The molecule has 1 aromatic carbocycles. The van der Waals surface area contributed by atoms with Gasteiger partial charge in [-0.1, -0.05) is 33.4 Å². The highest BCUT2D eigenvalue weighted by atomic mass is 16.5. The highest BCUT2D eigenvalue weighted by molar-refractivity contribution is 5.85. The molecule has 2 aliphatic rings. The van der Waals surface area contributed by atoms with Crippen LogP contribution in [0.25, 0.3) is 10.9 Å². The van der Waals surface area contributed by atoms with Crippen molar-refractivity contribution in [1.82, 2.24) is 4.57 Å². The predicted molar refractivity (Wildman–Crippen MR) is 118 cm³/mol. The molecule has 0 spiro atoms. The van der Waals surface area contributed by atoms with E-state index in [0.717, 1.165) is 42.8 Å². The number of methoxy groups -OCH3 is 1. The van der Waals surface area contributed by atoms with Gasteiger partial charge in [0.25, 0.3) is 0 Å². The van der Waals surface area contributed by atoms with Gasteiger partial charge in [-0.3, -0.25) is 0 Å². The Bertz CT molecular complexity index is 993. The Morgan fingerprint density at radius 3 is 2.61 bits per heavy atom. The molecule has 2 aliphatic carbocycles. The molecule has 0 bridgehead atoms. The molecule has 1 aromatic heterocycles. The first-order chi connectivity index (χ1) is 13.2. The van der Waals surface area contributed by atoms with E-state index in [9.17, 15) is 0 Å². The summed E-state index contributed by atoms with van der Waals surface area (Å²) in [6.45, 7) is 11.2. The van der Waals surface area contributed by atoms with Crippen LogP contribution in [0.4, 0.5) is 5.69 Å². The number of hydrogen-bond acceptors (Lipinski definition) is 2. The minimum Gasteiger partial charge on any atom is -0.501 e. The lowest BCUT2D eigenvalue weighted by Gasteiger charge is -2.24. The number of fused-ring (bicyclic) bond motifs is 1. The van der Waals surface area contributed by atoms with Gasteiger partial charge in [0.05, 0.1) is 12.9 Å². The molecule has 0 unspecified atom stereocenters. The number of benzene rings is 1. The Balaban J connectivity index is 1.59. The number of hydrogen-bond donors (Lipinski definition) is 1. The number of aromatic nitrogens is 1. The third kappa shape index (κ3) is 3.17. The van der Waals surface area contributed by atoms with Gasteiger partial charge in [0, 0.05) is 52.3 Å². The van der Waals surface area contributed by atoms with Crippen LogP contribution < -0.4 is 5.32 Å². The zero-order valence-electron chi connectivity index (χ0n) is 17.9. The fourth-order valence-corrected chi connectivity index (χ4v) is 4.50. The second-order valence-corrected chi connectivity index (χ2v) is 9.31. The van der Waals surface area contributed by atoms with Gasteiger partial charge >= 0.3 is 0 Å². The molecule has 1 heterocycles. The third-order valence-corrected chi connectivity index (χ3v) is 6.32. The number of anilines is 1. The van der Waals surface area contributed by atoms with Crippen molar-refractivity contribution in [3.05, 3.63) is 65.7 Å². The van der Waals surface area contributed by atoms with E-state index in [0.29, 0.717) is 0 Å². The topological polar surface area (TPSA) is 26.2 Å². The minimum absolute atomic E-state index is 0.0619. The van der Waals surface area contributed by atoms with Crippen molar-refractivity contribution in [2.45, 2.75) is 51.9 Å². The molecule has 1 saturated carbocycles. The first-order valence-electron chi connectivity index (χ1n) is 10.3. The van der Waals surface area contributed by atoms with E-state index < -0.39 is 0 Å². The molecule has 2 aromatic rings. The number of nitrogens with zero attached hydrogens (tertiary/aromatic N) is 1. The molecule has 3 heteroatoms. The number of rotatable bonds is 5. The molecule has 148 valence electrons. The van der Waals surface area contributed by atoms with Gasteiger partial charge in [-0.15, -0.1) is 0 Å². The molecule has 1 N–H and O–H groups in total. The predicted octanol–water partition coefficient (Wildman–Crippen LogP) is 6.43. The summed E-state index contributed by atoms with van der Waals surface area (Å²) in [5, 5.41) is 4.89. The smallest absolute Gasteiger partial charge is 0.0961 e. The fraction of sp³-hybridized carbons (Fsp3) is 0.440. The first kappa shape index (κ1) is 18.9. The lowest BCUT2D eigenvalue weighted by molar-refractivity contribution is 0.275. The molecule has 1 fully saturated rings. The van der Waals surface area contributed by atoms with E-state index >= 15 is 0 Å². The van der Waals surface area contributed by atoms with Crippen LogP contribution in [-0.4, -0.2) is 11.7 Å². The maximum Gasteiger partial charge on any atom is 0.0961 e. The van der Waals surface area contributed by atoms with Crippen LogP contribution in [0.15, 0.2) is 60.0 Å². The van der Waals surface area contributed by atoms with E-state index in [1.54, 1.807) is 7.11 Å². The average Bonchev–Trinajstić information content (AvgIpc) is 3.41. The van der Waals surface area contributed by atoms with E-state index in [2.05, 4.69) is 80.7 Å². The Hall–Kier alpha value is -2.42. The molecule has 0 amide bonds. The Labute approximate surface area is 168 Å². The lowest BCUT2D eigenvalue weighted by atomic mass is 9.88. The first-order valence-corrected chi connectivity index (χ1v) is 10.3. The normalized spacial score (nSPS) is 18.5. The average molecular weight is 377 g/mol. The molecule has 0 radical (unpaired) electrons. The zero-order valence-corrected chi connectivity index (χ0v) is 17.9. The van der Waals surface area contributed by atoms with Gasteiger partial charge in [0.2, 0.25) is 0 Å². The van der Waals surface area contributed by atoms with Crippen LogP contribution in [0, 0.1) is 5.41 Å². The molecule has 0 saturated heterocycles. The second kappa shape index (κ2) is 6.58. The molecular weight excluding hydrogens is 344 g/mol. The van der Waals surface area contributed by atoms with Crippen molar-refractivity contribution in [3.8, 4) is 0 Å². The van der Waals surface area contributed by atoms with Crippen LogP contribution >= 0.6 is 0 Å². The summed E-state index contributed by atoms with van der Waals surface area (Å²) < 4.78 is 7.81. The van der Waals surface area contributed by atoms with Crippen LogP contribution in [0.3, 0.4) is 0 Å². The van der Waals surface area contributed by atoms with Crippen molar-refractivity contribution in [1.29, 1.82) is 0 Å². The van der Waals surface area contributed by atoms with Crippen molar-refractivity contribution >= 4 is 16.6 Å². The monoisotopic (exact) mass is 376 g/mol. The van der Waals surface area contributed by atoms with Gasteiger partial charge in [-0.25, -0.2) is 0 Å². The Morgan fingerprint density at radius 1 is 1.21 bits per heavy atom. The second-order valence-electron chi connectivity index (χ2n) is 9.31. The highest BCUT2D eigenvalue weighted by Crippen LogP contribution is 2.58. The van der Waals surface area contributed by atoms with Gasteiger partial charge in [0.1, 0.15) is 0 Å². The van der Waals surface area contributed by atoms with Gasteiger partial charge in [0.15, 0.2) is 0 Å². The maximum atomic E-state index is 5.50. The van der Waals surface area contributed by atoms with Crippen molar-refractivity contribution in [2.24, 2.45) is 12.5 Å². The van der Waals surface area contributed by atoms with E-state index in [-0.39, 0.29) is 10.8 Å². The van der Waals surface area contributed by atoms with Crippen molar-refractivity contribution in [2.75, 3.05) is 12.4 Å². The summed E-state index contributed by atoms with van der Waals surface area (Å²) in [5.74, 6) is 1.08. The number of ether oxygens (including phenoxy) is 1. The number of aryl methyl sites for hydroxylation is 1. The molecule has 3 nitrogen and oxygen atoms in total.